The standard InChI is InChI=1S/C5H2ClF2N2/c6-3-1-2-9-5(10-3)4(7)8/h2,4H. The summed E-state index contributed by atoms with van der Waals surface area (Å²) in [5.41, 5.74) is 0. The summed E-state index contributed by atoms with van der Waals surface area (Å²) in [6.45, 7) is 0. The highest BCUT2D eigenvalue weighted by Gasteiger charge is 2.09. The van der Waals surface area contributed by atoms with Crippen LogP contribution in [0.5, 0.6) is 0 Å². The summed E-state index contributed by atoms with van der Waals surface area (Å²) in [5, 5.41) is -0.0923. The molecule has 0 spiro atoms. The maximum absolute atomic E-state index is 11.7. The van der Waals surface area contributed by atoms with Gasteiger partial charge in [-0.05, 0) is 0 Å². The van der Waals surface area contributed by atoms with E-state index in [2.05, 4.69) is 16.0 Å². The van der Waals surface area contributed by atoms with Gasteiger partial charge in [-0.3, -0.25) is 0 Å². The predicted octanol–water partition coefficient (Wildman–Crippen LogP) is 1.87. The van der Waals surface area contributed by atoms with Crippen LogP contribution in [0.3, 0.4) is 0 Å². The van der Waals surface area contributed by atoms with E-state index in [1.54, 1.807) is 0 Å². The van der Waals surface area contributed by atoms with Crippen LogP contribution in [0.25, 0.3) is 0 Å². The fraction of sp³-hybridized carbons (Fsp3) is 0.200. The molecule has 0 saturated heterocycles. The Balaban J connectivity index is 2.96. The van der Waals surface area contributed by atoms with Gasteiger partial charge in [-0.15, -0.1) is 0 Å². The molecule has 1 aromatic heterocycles. The van der Waals surface area contributed by atoms with Crippen molar-refractivity contribution in [2.45, 2.75) is 6.43 Å². The van der Waals surface area contributed by atoms with Gasteiger partial charge in [0.05, 0.1) is 0 Å². The molecule has 1 rings (SSSR count). The van der Waals surface area contributed by atoms with Crippen molar-refractivity contribution in [1.29, 1.82) is 0 Å². The molecule has 0 bridgehead atoms. The third kappa shape index (κ3) is 1.60. The zero-order chi connectivity index (χ0) is 7.56. The second-order valence-corrected chi connectivity index (χ2v) is 1.82. The van der Waals surface area contributed by atoms with Crippen molar-refractivity contribution in [2.24, 2.45) is 0 Å². The van der Waals surface area contributed by atoms with Crippen LogP contribution in [0.4, 0.5) is 8.78 Å². The number of hydrogen-bond donors (Lipinski definition) is 0. The van der Waals surface area contributed by atoms with E-state index in [9.17, 15) is 8.78 Å². The average molecular weight is 164 g/mol. The summed E-state index contributed by atoms with van der Waals surface area (Å²) in [4.78, 5) is 6.46. The molecule has 0 unspecified atom stereocenters. The van der Waals surface area contributed by atoms with Crippen LogP contribution >= 0.6 is 11.6 Å². The Hall–Kier alpha value is -0.770. The monoisotopic (exact) mass is 163 g/mol. The smallest absolute Gasteiger partial charge is 0.235 e. The average Bonchev–Trinajstić information content (AvgIpc) is 1.88. The van der Waals surface area contributed by atoms with Crippen molar-refractivity contribution in [3.63, 3.8) is 0 Å². The lowest BCUT2D eigenvalue weighted by Crippen LogP contribution is -1.93. The number of hydrogen-bond acceptors (Lipinski definition) is 2. The number of rotatable bonds is 1. The number of aromatic nitrogens is 2. The molecule has 0 aliphatic heterocycles. The first kappa shape index (κ1) is 7.34. The van der Waals surface area contributed by atoms with E-state index in [1.807, 2.05) is 0 Å². The van der Waals surface area contributed by atoms with Crippen molar-refractivity contribution in [3.05, 3.63) is 23.2 Å². The molecule has 0 N–H and O–H groups in total. The van der Waals surface area contributed by atoms with E-state index < -0.39 is 12.2 Å². The Morgan fingerprint density at radius 2 is 2.30 bits per heavy atom. The molecule has 1 aromatic rings. The van der Waals surface area contributed by atoms with Gasteiger partial charge < -0.3 is 0 Å². The first-order valence-electron chi connectivity index (χ1n) is 2.38. The lowest BCUT2D eigenvalue weighted by molar-refractivity contribution is 0.140. The molecule has 2 nitrogen and oxygen atoms in total. The molecule has 0 fully saturated rings. The third-order valence-electron chi connectivity index (χ3n) is 0.788. The molecule has 0 amide bonds. The van der Waals surface area contributed by atoms with E-state index in [0.717, 1.165) is 6.20 Å². The SMILES string of the molecule is FC(F)c1nc[c]c(Cl)n1. The molecule has 1 heterocycles. The number of halogens is 3. The summed E-state index contributed by atoms with van der Waals surface area (Å²) < 4.78 is 23.5. The Morgan fingerprint density at radius 1 is 1.60 bits per heavy atom. The van der Waals surface area contributed by atoms with Crippen LogP contribution < -0.4 is 0 Å². The van der Waals surface area contributed by atoms with Gasteiger partial charge in [0.1, 0.15) is 5.15 Å². The van der Waals surface area contributed by atoms with Crippen LogP contribution in [0, 0.1) is 6.07 Å². The third-order valence-corrected chi connectivity index (χ3v) is 0.982. The van der Waals surface area contributed by atoms with Gasteiger partial charge in [0.25, 0.3) is 6.43 Å². The Labute approximate surface area is 60.9 Å². The van der Waals surface area contributed by atoms with Gasteiger partial charge >= 0.3 is 0 Å². The fourth-order valence-electron chi connectivity index (χ4n) is 0.419. The zero-order valence-corrected chi connectivity index (χ0v) is 5.44. The predicted molar refractivity (Wildman–Crippen MR) is 30.8 cm³/mol. The Kier molecular flexibility index (Phi) is 2.11. The first-order chi connectivity index (χ1) is 4.70. The van der Waals surface area contributed by atoms with E-state index in [1.165, 1.54) is 0 Å². The quantitative estimate of drug-likeness (QED) is 0.591. The van der Waals surface area contributed by atoms with Crippen molar-refractivity contribution in [1.82, 2.24) is 9.97 Å². The molecule has 5 heteroatoms. The molecule has 0 atom stereocenters. The van der Waals surface area contributed by atoms with Crippen LogP contribution in [0.2, 0.25) is 5.15 Å². The van der Waals surface area contributed by atoms with Crippen LogP contribution in [0.1, 0.15) is 12.2 Å². The normalized spacial score (nSPS) is 10.4. The molecule has 0 aliphatic carbocycles. The molecular formula is C5H2ClF2N2. The summed E-state index contributed by atoms with van der Waals surface area (Å²) >= 11 is 5.25. The Morgan fingerprint density at radius 3 is 2.70 bits per heavy atom. The highest BCUT2D eigenvalue weighted by molar-refractivity contribution is 6.29. The minimum atomic E-state index is -2.67. The maximum atomic E-state index is 11.7. The fourth-order valence-corrected chi connectivity index (χ4v) is 0.554. The lowest BCUT2D eigenvalue weighted by atomic mass is 10.6. The van der Waals surface area contributed by atoms with Crippen molar-refractivity contribution >= 4 is 11.6 Å². The minimum Gasteiger partial charge on any atom is -0.235 e. The molecule has 0 aliphatic rings. The van der Waals surface area contributed by atoms with E-state index >= 15 is 0 Å². The molecule has 0 aromatic carbocycles. The van der Waals surface area contributed by atoms with Gasteiger partial charge in [0, 0.05) is 12.3 Å². The Bertz CT molecular complexity index is 229. The zero-order valence-electron chi connectivity index (χ0n) is 4.68. The van der Waals surface area contributed by atoms with Gasteiger partial charge in [0.15, 0.2) is 5.82 Å². The second-order valence-electron chi connectivity index (χ2n) is 1.46. The second kappa shape index (κ2) is 2.88. The first-order valence-corrected chi connectivity index (χ1v) is 2.76. The van der Waals surface area contributed by atoms with Crippen LogP contribution in [0.15, 0.2) is 6.20 Å². The minimum absolute atomic E-state index is 0.0923. The summed E-state index contributed by atoms with van der Waals surface area (Å²) in [6.07, 6.45) is -1.61. The maximum Gasteiger partial charge on any atom is 0.297 e. The molecule has 10 heavy (non-hydrogen) atoms. The largest absolute Gasteiger partial charge is 0.297 e. The van der Waals surface area contributed by atoms with Gasteiger partial charge in [-0.1, -0.05) is 11.6 Å². The molecule has 0 saturated carbocycles. The van der Waals surface area contributed by atoms with E-state index in [0.29, 0.717) is 0 Å². The van der Waals surface area contributed by atoms with Gasteiger partial charge in [0.2, 0.25) is 0 Å². The van der Waals surface area contributed by atoms with Crippen molar-refractivity contribution in [2.75, 3.05) is 0 Å². The lowest BCUT2D eigenvalue weighted by Gasteiger charge is -1.94. The van der Waals surface area contributed by atoms with Gasteiger partial charge in [-0.2, -0.15) is 0 Å². The van der Waals surface area contributed by atoms with Crippen LogP contribution in [-0.4, -0.2) is 9.97 Å². The summed E-state index contributed by atoms with van der Waals surface area (Å²) in [7, 11) is 0. The molecule has 1 radical (unpaired) electrons. The van der Waals surface area contributed by atoms with Gasteiger partial charge in [-0.25, -0.2) is 18.7 Å². The highest BCUT2D eigenvalue weighted by Crippen LogP contribution is 2.14. The molecule has 53 valence electrons. The highest BCUT2D eigenvalue weighted by atomic mass is 35.5. The topological polar surface area (TPSA) is 25.8 Å². The summed E-state index contributed by atoms with van der Waals surface area (Å²) in [6, 6.07) is 2.34. The van der Waals surface area contributed by atoms with Crippen molar-refractivity contribution in [3.8, 4) is 0 Å². The van der Waals surface area contributed by atoms with E-state index in [4.69, 9.17) is 11.6 Å². The molecular weight excluding hydrogens is 162 g/mol. The van der Waals surface area contributed by atoms with Crippen LogP contribution in [-0.2, 0) is 0 Å². The summed E-state index contributed by atoms with van der Waals surface area (Å²) in [5.74, 6) is -0.566. The number of nitrogens with zero attached hydrogens (tertiary/aromatic N) is 2. The van der Waals surface area contributed by atoms with E-state index in [-0.39, 0.29) is 5.15 Å². The number of alkyl halides is 2. The van der Waals surface area contributed by atoms with Crippen molar-refractivity contribution < 1.29 is 8.78 Å².